The molecule has 13 heteroatoms. The second kappa shape index (κ2) is 8.29. The molecule has 31 heavy (non-hydrogen) atoms. The number of anilines is 2. The largest absolute Gasteiger partial charge is 0.573 e. The van der Waals surface area contributed by atoms with Gasteiger partial charge in [0.2, 0.25) is 5.95 Å². The van der Waals surface area contributed by atoms with E-state index in [4.69, 9.17) is 11.6 Å². The summed E-state index contributed by atoms with van der Waals surface area (Å²) in [7, 11) is 1.70. The van der Waals surface area contributed by atoms with Crippen LogP contribution in [-0.4, -0.2) is 34.3 Å². The van der Waals surface area contributed by atoms with Gasteiger partial charge in [-0.15, -0.1) is 24.5 Å². The number of thiophene rings is 1. The molecule has 0 radical (unpaired) electrons. The number of thiazole rings is 1. The number of fused-ring (bicyclic) bond motifs is 1. The lowest BCUT2D eigenvalue weighted by atomic mass is 10.3. The van der Waals surface area contributed by atoms with Gasteiger partial charge in [0.25, 0.3) is 5.91 Å². The van der Waals surface area contributed by atoms with E-state index in [0.29, 0.717) is 21.2 Å². The molecule has 0 aliphatic heterocycles. The maximum atomic E-state index is 12.6. The predicted molar refractivity (Wildman–Crippen MR) is 114 cm³/mol. The second-order valence-electron chi connectivity index (χ2n) is 5.95. The monoisotopic (exact) mass is 485 g/mol. The highest BCUT2D eigenvalue weighted by Crippen LogP contribution is 2.37. The van der Waals surface area contributed by atoms with Crippen LogP contribution in [0.4, 0.5) is 24.3 Å². The molecular formula is C18H11ClF3N5O2S2. The molecule has 4 aromatic rings. The third kappa shape index (κ3) is 4.86. The van der Waals surface area contributed by atoms with E-state index >= 15 is 0 Å². The van der Waals surface area contributed by atoms with Crippen LogP contribution in [-0.2, 0) is 0 Å². The van der Waals surface area contributed by atoms with Gasteiger partial charge in [-0.2, -0.15) is 0 Å². The van der Waals surface area contributed by atoms with Crippen molar-refractivity contribution >= 4 is 61.5 Å². The summed E-state index contributed by atoms with van der Waals surface area (Å²) < 4.78 is 41.6. The molecule has 0 fully saturated rings. The van der Waals surface area contributed by atoms with E-state index in [0.717, 1.165) is 22.3 Å². The van der Waals surface area contributed by atoms with Gasteiger partial charge in [-0.1, -0.05) is 22.9 Å². The zero-order valence-corrected chi connectivity index (χ0v) is 17.8. The van der Waals surface area contributed by atoms with E-state index in [1.165, 1.54) is 17.4 Å². The standard InChI is InChI=1S/C18H11ClF3N5O2S2/c1-23-16-24-5-4-10(25-16)11-2-3-12(30-11)15(28)27-17-26-14-9(19)6-8(7-13(14)31-17)29-18(20,21)22/h2-7H,1H3,(H,23,24,25)(H,26,27,28). The van der Waals surface area contributed by atoms with Gasteiger partial charge in [-0.3, -0.25) is 10.1 Å². The van der Waals surface area contributed by atoms with Gasteiger partial charge in [-0.05, 0) is 18.2 Å². The highest BCUT2D eigenvalue weighted by Gasteiger charge is 2.31. The normalized spacial score (nSPS) is 11.5. The van der Waals surface area contributed by atoms with Gasteiger partial charge in [0.1, 0.15) is 11.3 Å². The Labute approximate surface area is 185 Å². The smallest absolute Gasteiger partial charge is 0.406 e. The van der Waals surface area contributed by atoms with Gasteiger partial charge < -0.3 is 10.1 Å². The summed E-state index contributed by atoms with van der Waals surface area (Å²) in [4.78, 5) is 26.4. The summed E-state index contributed by atoms with van der Waals surface area (Å²) in [5.74, 6) is -0.418. The number of nitrogens with one attached hydrogen (secondary N) is 2. The molecule has 0 saturated heterocycles. The Morgan fingerprint density at radius 2 is 1.97 bits per heavy atom. The summed E-state index contributed by atoms with van der Waals surface area (Å²) in [6.07, 6.45) is -3.23. The lowest BCUT2D eigenvalue weighted by Crippen LogP contribution is -2.17. The average molecular weight is 486 g/mol. The first-order valence-electron chi connectivity index (χ1n) is 8.50. The molecule has 1 aromatic carbocycles. The number of carbonyl (C=O) groups excluding carboxylic acids is 1. The zero-order chi connectivity index (χ0) is 22.2. The number of aromatic nitrogens is 3. The number of ether oxygens (including phenoxy) is 1. The molecule has 0 aliphatic carbocycles. The molecule has 160 valence electrons. The van der Waals surface area contributed by atoms with Gasteiger partial charge >= 0.3 is 6.36 Å². The van der Waals surface area contributed by atoms with E-state index < -0.39 is 18.0 Å². The van der Waals surface area contributed by atoms with E-state index in [9.17, 15) is 18.0 Å². The Balaban J connectivity index is 1.54. The van der Waals surface area contributed by atoms with Crippen LogP contribution in [0.3, 0.4) is 0 Å². The van der Waals surface area contributed by atoms with Crippen LogP contribution >= 0.6 is 34.3 Å². The molecule has 0 unspecified atom stereocenters. The van der Waals surface area contributed by atoms with Crippen LogP contribution in [0.5, 0.6) is 5.75 Å². The number of carbonyl (C=O) groups is 1. The number of amides is 1. The summed E-state index contributed by atoms with van der Waals surface area (Å²) in [5, 5.41) is 5.67. The third-order valence-corrected chi connectivity index (χ3v) is 6.15. The molecule has 1 amide bonds. The van der Waals surface area contributed by atoms with Crippen LogP contribution in [0.25, 0.3) is 20.8 Å². The minimum absolute atomic E-state index is 0.0176. The number of alkyl halides is 3. The second-order valence-corrected chi connectivity index (χ2v) is 8.47. The summed E-state index contributed by atoms with van der Waals surface area (Å²) in [5.41, 5.74) is 0.927. The van der Waals surface area contributed by atoms with Crippen molar-refractivity contribution in [3.8, 4) is 16.3 Å². The van der Waals surface area contributed by atoms with Crippen LogP contribution in [0.2, 0.25) is 5.02 Å². The molecule has 3 heterocycles. The van der Waals surface area contributed by atoms with Gasteiger partial charge in [0.05, 0.1) is 25.2 Å². The van der Waals surface area contributed by atoms with E-state index in [-0.39, 0.29) is 15.7 Å². The molecule has 0 aliphatic rings. The van der Waals surface area contributed by atoms with Gasteiger partial charge in [-0.25, -0.2) is 15.0 Å². The number of rotatable bonds is 5. The lowest BCUT2D eigenvalue weighted by Gasteiger charge is -2.08. The number of benzene rings is 1. The summed E-state index contributed by atoms with van der Waals surface area (Å²) in [6.45, 7) is 0. The highest BCUT2D eigenvalue weighted by atomic mass is 35.5. The van der Waals surface area contributed by atoms with Gasteiger partial charge in [0, 0.05) is 25.4 Å². The molecule has 7 nitrogen and oxygen atoms in total. The van der Waals surface area contributed by atoms with Crippen molar-refractivity contribution in [3.63, 3.8) is 0 Å². The topological polar surface area (TPSA) is 89.0 Å². The molecular weight excluding hydrogens is 475 g/mol. The minimum Gasteiger partial charge on any atom is -0.406 e. The minimum atomic E-state index is -4.84. The highest BCUT2D eigenvalue weighted by molar-refractivity contribution is 7.22. The Morgan fingerprint density at radius 1 is 1.16 bits per heavy atom. The van der Waals surface area contributed by atoms with Crippen molar-refractivity contribution in [2.24, 2.45) is 0 Å². The zero-order valence-electron chi connectivity index (χ0n) is 15.5. The molecule has 0 spiro atoms. The van der Waals surface area contributed by atoms with Crippen molar-refractivity contribution in [2.75, 3.05) is 17.7 Å². The number of nitrogens with zero attached hydrogens (tertiary/aromatic N) is 3. The maximum Gasteiger partial charge on any atom is 0.573 e. The van der Waals surface area contributed by atoms with E-state index in [1.54, 1.807) is 31.4 Å². The number of halogens is 4. The van der Waals surface area contributed by atoms with Crippen LogP contribution < -0.4 is 15.4 Å². The van der Waals surface area contributed by atoms with Crippen molar-refractivity contribution in [1.82, 2.24) is 15.0 Å². The van der Waals surface area contributed by atoms with Crippen LogP contribution in [0, 0.1) is 0 Å². The Morgan fingerprint density at radius 3 is 2.71 bits per heavy atom. The predicted octanol–water partition coefficient (Wildman–Crippen LogP) is 5.66. The molecule has 3 aromatic heterocycles. The third-order valence-electron chi connectivity index (χ3n) is 3.84. The fraction of sp³-hybridized carbons (Fsp3) is 0.111. The average Bonchev–Trinajstić information content (AvgIpc) is 3.34. The van der Waals surface area contributed by atoms with Crippen molar-refractivity contribution in [2.45, 2.75) is 6.36 Å². The quantitative estimate of drug-likeness (QED) is 0.379. The summed E-state index contributed by atoms with van der Waals surface area (Å²) >= 11 is 8.23. The van der Waals surface area contributed by atoms with Crippen molar-refractivity contribution in [3.05, 3.63) is 46.4 Å². The van der Waals surface area contributed by atoms with E-state index in [2.05, 4.69) is 30.3 Å². The molecule has 0 saturated carbocycles. The first-order chi connectivity index (χ1) is 14.7. The van der Waals surface area contributed by atoms with Gasteiger partial charge in [0.15, 0.2) is 5.13 Å². The fourth-order valence-electron chi connectivity index (χ4n) is 2.58. The molecule has 4 rings (SSSR count). The first-order valence-corrected chi connectivity index (χ1v) is 10.5. The fourth-order valence-corrected chi connectivity index (χ4v) is 4.68. The van der Waals surface area contributed by atoms with Crippen molar-refractivity contribution in [1.29, 1.82) is 0 Å². The SMILES string of the molecule is CNc1nccc(-c2ccc(C(=O)Nc3nc4c(Cl)cc(OC(F)(F)F)cc4s3)s2)n1. The molecule has 2 N–H and O–H groups in total. The molecule has 0 atom stereocenters. The number of hydrogen-bond acceptors (Lipinski definition) is 8. The maximum absolute atomic E-state index is 12.6. The first kappa shape index (κ1) is 21.3. The Bertz CT molecular complexity index is 1270. The van der Waals surface area contributed by atoms with Crippen LogP contribution in [0.1, 0.15) is 9.67 Å². The van der Waals surface area contributed by atoms with Crippen molar-refractivity contribution < 1.29 is 22.7 Å². The van der Waals surface area contributed by atoms with Crippen LogP contribution in [0.15, 0.2) is 36.5 Å². The van der Waals surface area contributed by atoms with E-state index in [1.807, 2.05) is 0 Å². The Kier molecular flexibility index (Phi) is 5.69. The number of hydrogen-bond donors (Lipinski definition) is 2. The summed E-state index contributed by atoms with van der Waals surface area (Å²) in [6, 6.07) is 7.32. The Hall–Kier alpha value is -2.96. The lowest BCUT2D eigenvalue weighted by molar-refractivity contribution is -0.274. The molecule has 0 bridgehead atoms.